The fourth-order valence-electron chi connectivity index (χ4n) is 1.13. The van der Waals surface area contributed by atoms with Gasteiger partial charge >= 0.3 is 0 Å². The summed E-state index contributed by atoms with van der Waals surface area (Å²) in [4.78, 5) is 2.52. The molecule has 0 saturated carbocycles. The van der Waals surface area contributed by atoms with Gasteiger partial charge in [-0.15, -0.1) is 21.5 Å². The third-order valence-electron chi connectivity index (χ3n) is 1.75. The summed E-state index contributed by atoms with van der Waals surface area (Å²) >= 11 is 3.41. The minimum Gasteiger partial charge on any atom is -0.313 e. The van der Waals surface area contributed by atoms with Crippen molar-refractivity contribution in [1.82, 2.24) is 15.5 Å². The standard InChI is InChI=1S/C9H11N3S2/c1-6-3-4-7(13-6)9-12-11-8(14-9)5-10-2/h3-4,10H,5H2,1-2H3. The molecule has 0 fully saturated rings. The van der Waals surface area contributed by atoms with E-state index in [9.17, 15) is 0 Å². The fraction of sp³-hybridized carbons (Fsp3) is 0.333. The first kappa shape index (κ1) is 9.76. The van der Waals surface area contributed by atoms with Gasteiger partial charge in [0.25, 0.3) is 0 Å². The molecule has 1 N–H and O–H groups in total. The van der Waals surface area contributed by atoms with Gasteiger partial charge in [-0.25, -0.2) is 0 Å². The summed E-state index contributed by atoms with van der Waals surface area (Å²) in [5.41, 5.74) is 0. The molecule has 5 heteroatoms. The van der Waals surface area contributed by atoms with Gasteiger partial charge in [0.2, 0.25) is 0 Å². The van der Waals surface area contributed by atoms with Crippen molar-refractivity contribution >= 4 is 22.7 Å². The maximum absolute atomic E-state index is 4.16. The molecule has 0 aromatic carbocycles. The Morgan fingerprint density at radius 2 is 2.14 bits per heavy atom. The molecule has 0 aliphatic carbocycles. The number of aromatic nitrogens is 2. The van der Waals surface area contributed by atoms with Crippen molar-refractivity contribution in [1.29, 1.82) is 0 Å². The quantitative estimate of drug-likeness (QED) is 0.871. The van der Waals surface area contributed by atoms with Crippen LogP contribution in [0.1, 0.15) is 9.88 Å². The van der Waals surface area contributed by atoms with Crippen molar-refractivity contribution in [2.75, 3.05) is 7.05 Å². The highest BCUT2D eigenvalue weighted by molar-refractivity contribution is 7.21. The Morgan fingerprint density at radius 1 is 1.29 bits per heavy atom. The molecule has 0 radical (unpaired) electrons. The smallest absolute Gasteiger partial charge is 0.157 e. The lowest BCUT2D eigenvalue weighted by atomic mass is 10.4. The Balaban J connectivity index is 2.24. The number of hydrogen-bond acceptors (Lipinski definition) is 5. The molecule has 2 rings (SSSR count). The highest BCUT2D eigenvalue weighted by Gasteiger charge is 2.07. The zero-order valence-electron chi connectivity index (χ0n) is 8.07. The average Bonchev–Trinajstić information content (AvgIpc) is 2.74. The molecule has 3 nitrogen and oxygen atoms in total. The SMILES string of the molecule is CNCc1nnc(-c2ccc(C)s2)s1. The fourth-order valence-corrected chi connectivity index (χ4v) is 2.89. The second-order valence-electron chi connectivity index (χ2n) is 2.94. The first-order valence-electron chi connectivity index (χ1n) is 4.33. The summed E-state index contributed by atoms with van der Waals surface area (Å²) < 4.78 is 0. The molecular weight excluding hydrogens is 214 g/mol. The molecular formula is C9H11N3S2. The zero-order chi connectivity index (χ0) is 9.97. The minimum atomic E-state index is 0.794. The van der Waals surface area contributed by atoms with Crippen molar-refractivity contribution in [2.45, 2.75) is 13.5 Å². The molecule has 0 aliphatic rings. The summed E-state index contributed by atoms with van der Waals surface area (Å²) in [6.45, 7) is 2.89. The molecule has 0 bridgehead atoms. The van der Waals surface area contributed by atoms with E-state index in [0.29, 0.717) is 0 Å². The van der Waals surface area contributed by atoms with Gasteiger partial charge < -0.3 is 5.32 Å². The van der Waals surface area contributed by atoms with Crippen LogP contribution in [0, 0.1) is 6.92 Å². The number of nitrogens with zero attached hydrogens (tertiary/aromatic N) is 2. The first-order chi connectivity index (χ1) is 6.79. The van der Waals surface area contributed by atoms with E-state index in [-0.39, 0.29) is 0 Å². The Hall–Kier alpha value is -0.780. The number of thiophene rings is 1. The van der Waals surface area contributed by atoms with Crippen molar-refractivity contribution in [2.24, 2.45) is 0 Å². The van der Waals surface area contributed by atoms with Gasteiger partial charge in [-0.2, -0.15) is 0 Å². The summed E-state index contributed by atoms with van der Waals surface area (Å²) in [7, 11) is 1.91. The van der Waals surface area contributed by atoms with Crippen LogP contribution in [-0.4, -0.2) is 17.2 Å². The number of nitrogens with one attached hydrogen (secondary N) is 1. The highest BCUT2D eigenvalue weighted by Crippen LogP contribution is 2.29. The molecule has 74 valence electrons. The zero-order valence-corrected chi connectivity index (χ0v) is 9.71. The predicted octanol–water partition coefficient (Wildman–Crippen LogP) is 2.29. The predicted molar refractivity (Wildman–Crippen MR) is 60.7 cm³/mol. The Morgan fingerprint density at radius 3 is 2.79 bits per heavy atom. The molecule has 0 unspecified atom stereocenters. The van der Waals surface area contributed by atoms with E-state index >= 15 is 0 Å². The second-order valence-corrected chi connectivity index (χ2v) is 5.29. The van der Waals surface area contributed by atoms with Gasteiger partial charge in [0, 0.05) is 11.4 Å². The molecule has 0 saturated heterocycles. The molecule has 2 heterocycles. The van der Waals surface area contributed by atoms with Crippen LogP contribution in [0.25, 0.3) is 9.88 Å². The lowest BCUT2D eigenvalue weighted by Crippen LogP contribution is -2.04. The van der Waals surface area contributed by atoms with Crippen LogP contribution in [-0.2, 0) is 6.54 Å². The van der Waals surface area contributed by atoms with E-state index < -0.39 is 0 Å². The van der Waals surface area contributed by atoms with Crippen LogP contribution in [0.5, 0.6) is 0 Å². The summed E-state index contributed by atoms with van der Waals surface area (Å²) in [5.74, 6) is 0. The average molecular weight is 225 g/mol. The minimum absolute atomic E-state index is 0.794. The summed E-state index contributed by atoms with van der Waals surface area (Å²) in [5, 5.41) is 13.4. The van der Waals surface area contributed by atoms with Crippen LogP contribution in [0.4, 0.5) is 0 Å². The van der Waals surface area contributed by atoms with E-state index in [0.717, 1.165) is 16.6 Å². The summed E-state index contributed by atoms with van der Waals surface area (Å²) in [6.07, 6.45) is 0. The van der Waals surface area contributed by atoms with Crippen molar-refractivity contribution < 1.29 is 0 Å². The molecule has 14 heavy (non-hydrogen) atoms. The van der Waals surface area contributed by atoms with Crippen LogP contribution >= 0.6 is 22.7 Å². The molecule has 0 spiro atoms. The van der Waals surface area contributed by atoms with Gasteiger partial charge in [-0.1, -0.05) is 11.3 Å². The van der Waals surface area contributed by atoms with Crippen LogP contribution in [0.3, 0.4) is 0 Å². The van der Waals surface area contributed by atoms with Gasteiger partial charge in [0.1, 0.15) is 5.01 Å². The second kappa shape index (κ2) is 4.16. The third kappa shape index (κ3) is 2.00. The monoisotopic (exact) mass is 225 g/mol. The number of rotatable bonds is 3. The van der Waals surface area contributed by atoms with E-state index in [1.165, 1.54) is 9.75 Å². The van der Waals surface area contributed by atoms with Gasteiger partial charge in [-0.3, -0.25) is 0 Å². The van der Waals surface area contributed by atoms with Gasteiger partial charge in [-0.05, 0) is 26.1 Å². The summed E-state index contributed by atoms with van der Waals surface area (Å²) in [6, 6.07) is 4.21. The van der Waals surface area contributed by atoms with Crippen LogP contribution < -0.4 is 5.32 Å². The molecule has 0 aliphatic heterocycles. The highest BCUT2D eigenvalue weighted by atomic mass is 32.1. The van der Waals surface area contributed by atoms with E-state index in [1.807, 2.05) is 7.05 Å². The first-order valence-corrected chi connectivity index (χ1v) is 5.96. The molecule has 0 amide bonds. The van der Waals surface area contributed by atoms with Gasteiger partial charge in [0.05, 0.1) is 4.88 Å². The van der Waals surface area contributed by atoms with Crippen LogP contribution in [0.2, 0.25) is 0 Å². The Bertz CT molecular complexity index is 419. The van der Waals surface area contributed by atoms with E-state index in [4.69, 9.17) is 0 Å². The number of aryl methyl sites for hydroxylation is 1. The van der Waals surface area contributed by atoms with E-state index in [2.05, 4.69) is 34.6 Å². The largest absolute Gasteiger partial charge is 0.313 e. The molecule has 2 aromatic rings. The number of hydrogen-bond donors (Lipinski definition) is 1. The normalized spacial score (nSPS) is 10.7. The van der Waals surface area contributed by atoms with Gasteiger partial charge in [0.15, 0.2) is 5.01 Å². The topological polar surface area (TPSA) is 37.8 Å². The van der Waals surface area contributed by atoms with Crippen LogP contribution in [0.15, 0.2) is 12.1 Å². The van der Waals surface area contributed by atoms with Crippen molar-refractivity contribution in [3.8, 4) is 9.88 Å². The maximum atomic E-state index is 4.16. The lowest BCUT2D eigenvalue weighted by Gasteiger charge is -1.88. The lowest BCUT2D eigenvalue weighted by molar-refractivity contribution is 0.795. The third-order valence-corrected chi connectivity index (χ3v) is 3.84. The van der Waals surface area contributed by atoms with E-state index in [1.54, 1.807) is 22.7 Å². The molecule has 0 atom stereocenters. The Labute approximate surface area is 90.8 Å². The molecule has 2 aromatic heterocycles. The Kier molecular flexibility index (Phi) is 2.90. The van der Waals surface area contributed by atoms with Crippen molar-refractivity contribution in [3.63, 3.8) is 0 Å². The maximum Gasteiger partial charge on any atom is 0.157 e. The van der Waals surface area contributed by atoms with Crippen molar-refractivity contribution in [3.05, 3.63) is 22.0 Å².